The number of hydrogen-bond donors (Lipinski definition) is 1. The molecule has 1 N–H and O–H groups in total. The molecule has 2 aromatic carbocycles. The monoisotopic (exact) mass is 273 g/mol. The van der Waals surface area contributed by atoms with Crippen LogP contribution in [0.3, 0.4) is 0 Å². The number of ether oxygens (including phenoxy) is 1. The van der Waals surface area contributed by atoms with Crippen molar-refractivity contribution >= 4 is 11.7 Å². The molecule has 0 amide bonds. The second-order valence-corrected chi connectivity index (χ2v) is 4.06. The number of non-ortho nitro benzene ring substituents is 1. The summed E-state index contributed by atoms with van der Waals surface area (Å²) >= 11 is 0. The number of carboxylic acids is 1. The van der Waals surface area contributed by atoms with E-state index in [1.54, 1.807) is 18.2 Å². The SMILES string of the molecule is COc1cc(C(=O)O)cc(-c2cccc([N+](=O)[O-])c2)c1. The van der Waals surface area contributed by atoms with E-state index in [-0.39, 0.29) is 11.3 Å². The van der Waals surface area contributed by atoms with Crippen LogP contribution in [0.5, 0.6) is 5.75 Å². The van der Waals surface area contributed by atoms with E-state index >= 15 is 0 Å². The second-order valence-electron chi connectivity index (χ2n) is 4.06. The molecule has 6 nitrogen and oxygen atoms in total. The summed E-state index contributed by atoms with van der Waals surface area (Å²) in [5.74, 6) is -0.706. The van der Waals surface area contributed by atoms with Crippen molar-refractivity contribution in [1.29, 1.82) is 0 Å². The molecule has 0 radical (unpaired) electrons. The minimum Gasteiger partial charge on any atom is -0.497 e. The van der Waals surface area contributed by atoms with Crippen molar-refractivity contribution in [3.63, 3.8) is 0 Å². The number of carbonyl (C=O) groups is 1. The van der Waals surface area contributed by atoms with Crippen molar-refractivity contribution in [3.8, 4) is 16.9 Å². The molecule has 0 unspecified atom stereocenters. The molecule has 0 heterocycles. The lowest BCUT2D eigenvalue weighted by atomic mass is 10.0. The van der Waals surface area contributed by atoms with Crippen LogP contribution in [-0.4, -0.2) is 23.1 Å². The summed E-state index contributed by atoms with van der Waals surface area (Å²) in [5, 5.41) is 19.8. The first kappa shape index (κ1) is 13.5. The zero-order valence-corrected chi connectivity index (χ0v) is 10.6. The average molecular weight is 273 g/mol. The van der Waals surface area contributed by atoms with Gasteiger partial charge in [0.1, 0.15) is 5.75 Å². The van der Waals surface area contributed by atoms with Crippen LogP contribution in [0.15, 0.2) is 42.5 Å². The van der Waals surface area contributed by atoms with Crippen LogP contribution in [-0.2, 0) is 0 Å². The Bertz CT molecular complexity index is 681. The molecule has 2 aromatic rings. The van der Waals surface area contributed by atoms with Gasteiger partial charge in [-0.25, -0.2) is 4.79 Å². The van der Waals surface area contributed by atoms with Crippen molar-refractivity contribution in [3.05, 3.63) is 58.1 Å². The quantitative estimate of drug-likeness (QED) is 0.683. The van der Waals surface area contributed by atoms with Crippen molar-refractivity contribution in [2.75, 3.05) is 7.11 Å². The third-order valence-corrected chi connectivity index (χ3v) is 2.78. The van der Waals surface area contributed by atoms with Crippen molar-refractivity contribution in [2.24, 2.45) is 0 Å². The molecule has 0 spiro atoms. The molecular weight excluding hydrogens is 262 g/mol. The lowest BCUT2D eigenvalue weighted by Gasteiger charge is -2.07. The largest absolute Gasteiger partial charge is 0.497 e. The van der Waals surface area contributed by atoms with Gasteiger partial charge < -0.3 is 9.84 Å². The first-order valence-electron chi connectivity index (χ1n) is 5.68. The van der Waals surface area contributed by atoms with Gasteiger partial charge in [-0.05, 0) is 29.3 Å². The fraction of sp³-hybridized carbons (Fsp3) is 0.0714. The summed E-state index contributed by atoms with van der Waals surface area (Å²) in [6, 6.07) is 10.5. The van der Waals surface area contributed by atoms with E-state index < -0.39 is 10.9 Å². The fourth-order valence-corrected chi connectivity index (χ4v) is 1.81. The number of carboxylic acid groups (broad SMARTS) is 1. The van der Waals surface area contributed by atoms with Crippen LogP contribution < -0.4 is 4.74 Å². The van der Waals surface area contributed by atoms with Gasteiger partial charge >= 0.3 is 5.97 Å². The summed E-state index contributed by atoms with van der Waals surface area (Å²) in [4.78, 5) is 21.3. The van der Waals surface area contributed by atoms with Crippen LogP contribution in [0.2, 0.25) is 0 Å². The average Bonchev–Trinajstić information content (AvgIpc) is 2.46. The van der Waals surface area contributed by atoms with Gasteiger partial charge in [-0.2, -0.15) is 0 Å². The van der Waals surface area contributed by atoms with Crippen molar-refractivity contribution in [1.82, 2.24) is 0 Å². The molecule has 0 saturated heterocycles. The van der Waals surface area contributed by atoms with E-state index in [9.17, 15) is 14.9 Å². The highest BCUT2D eigenvalue weighted by Gasteiger charge is 2.11. The van der Waals surface area contributed by atoms with Crippen molar-refractivity contribution < 1.29 is 19.6 Å². The number of aromatic carboxylic acids is 1. The van der Waals surface area contributed by atoms with E-state index in [1.165, 1.54) is 31.4 Å². The van der Waals surface area contributed by atoms with Crippen LogP contribution in [0.1, 0.15) is 10.4 Å². The van der Waals surface area contributed by atoms with Crippen molar-refractivity contribution in [2.45, 2.75) is 0 Å². The second kappa shape index (κ2) is 5.40. The number of benzene rings is 2. The number of nitro groups is 1. The predicted octanol–water partition coefficient (Wildman–Crippen LogP) is 2.97. The fourth-order valence-electron chi connectivity index (χ4n) is 1.81. The molecule has 0 saturated carbocycles. The number of methoxy groups -OCH3 is 1. The normalized spacial score (nSPS) is 10.1. The minimum atomic E-state index is -1.09. The Labute approximate surface area is 114 Å². The third-order valence-electron chi connectivity index (χ3n) is 2.78. The Hall–Kier alpha value is -2.89. The standard InChI is InChI=1S/C14H11NO5/c1-20-13-7-10(5-11(8-13)14(16)17)9-3-2-4-12(6-9)15(18)19/h2-8H,1H3,(H,16,17). The Morgan fingerprint density at radius 1 is 1.20 bits per heavy atom. The van der Waals surface area contributed by atoms with Gasteiger partial charge in [0.05, 0.1) is 17.6 Å². The summed E-state index contributed by atoms with van der Waals surface area (Å²) in [6.07, 6.45) is 0. The molecule has 0 atom stereocenters. The highest BCUT2D eigenvalue weighted by molar-refractivity contribution is 5.90. The topological polar surface area (TPSA) is 89.7 Å². The Balaban J connectivity index is 2.56. The molecule has 0 fully saturated rings. The summed E-state index contributed by atoms with van der Waals surface area (Å²) < 4.78 is 5.05. The third kappa shape index (κ3) is 2.74. The molecule has 0 aromatic heterocycles. The van der Waals surface area contributed by atoms with Gasteiger partial charge in [0, 0.05) is 12.1 Å². The maximum atomic E-state index is 11.1. The smallest absolute Gasteiger partial charge is 0.335 e. The van der Waals surface area contributed by atoms with E-state index in [0.717, 1.165) is 0 Å². The maximum Gasteiger partial charge on any atom is 0.335 e. The van der Waals surface area contributed by atoms with Gasteiger partial charge in [0.2, 0.25) is 0 Å². The summed E-state index contributed by atoms with van der Waals surface area (Å²) in [5.41, 5.74) is 1.11. The molecule has 20 heavy (non-hydrogen) atoms. The maximum absolute atomic E-state index is 11.1. The molecule has 2 rings (SSSR count). The van der Waals surface area contributed by atoms with E-state index in [1.807, 2.05) is 0 Å². The van der Waals surface area contributed by atoms with Gasteiger partial charge in [-0.15, -0.1) is 0 Å². The highest BCUT2D eigenvalue weighted by atomic mass is 16.6. The zero-order chi connectivity index (χ0) is 14.7. The Morgan fingerprint density at radius 3 is 2.55 bits per heavy atom. The van der Waals surface area contributed by atoms with Crippen LogP contribution in [0.4, 0.5) is 5.69 Å². The van der Waals surface area contributed by atoms with Gasteiger partial charge in [-0.3, -0.25) is 10.1 Å². The van der Waals surface area contributed by atoms with Crippen LogP contribution >= 0.6 is 0 Å². The molecule has 0 aliphatic rings. The lowest BCUT2D eigenvalue weighted by Crippen LogP contribution is -1.98. The molecular formula is C14H11NO5. The van der Waals surface area contributed by atoms with Gasteiger partial charge in [0.25, 0.3) is 5.69 Å². The van der Waals surface area contributed by atoms with E-state index in [0.29, 0.717) is 16.9 Å². The van der Waals surface area contributed by atoms with E-state index in [2.05, 4.69) is 0 Å². The predicted molar refractivity (Wildman–Crippen MR) is 72.0 cm³/mol. The minimum absolute atomic E-state index is 0.0535. The number of nitrogens with zero attached hydrogens (tertiary/aromatic N) is 1. The summed E-state index contributed by atoms with van der Waals surface area (Å²) in [7, 11) is 1.43. The lowest BCUT2D eigenvalue weighted by molar-refractivity contribution is -0.384. The van der Waals surface area contributed by atoms with Gasteiger partial charge in [0.15, 0.2) is 0 Å². The molecule has 0 bridgehead atoms. The zero-order valence-electron chi connectivity index (χ0n) is 10.6. The molecule has 0 aliphatic heterocycles. The number of nitro benzene ring substituents is 1. The number of rotatable bonds is 4. The number of hydrogen-bond acceptors (Lipinski definition) is 4. The molecule has 102 valence electrons. The Morgan fingerprint density at radius 2 is 1.95 bits per heavy atom. The van der Waals surface area contributed by atoms with E-state index in [4.69, 9.17) is 9.84 Å². The van der Waals surface area contributed by atoms with Crippen LogP contribution in [0.25, 0.3) is 11.1 Å². The van der Waals surface area contributed by atoms with Crippen LogP contribution in [0, 0.1) is 10.1 Å². The van der Waals surface area contributed by atoms with Gasteiger partial charge in [-0.1, -0.05) is 12.1 Å². The first-order chi connectivity index (χ1) is 9.51. The first-order valence-corrected chi connectivity index (χ1v) is 5.68. The molecule has 0 aliphatic carbocycles. The Kier molecular flexibility index (Phi) is 3.65. The molecule has 6 heteroatoms. The summed E-state index contributed by atoms with van der Waals surface area (Å²) in [6.45, 7) is 0. The highest BCUT2D eigenvalue weighted by Crippen LogP contribution is 2.28.